The number of benzene rings is 2. The number of nitrogens with zero attached hydrogens (tertiary/aromatic N) is 1. The summed E-state index contributed by atoms with van der Waals surface area (Å²) in [6, 6.07) is 16.2. The van der Waals surface area contributed by atoms with Crippen molar-refractivity contribution in [3.63, 3.8) is 0 Å². The van der Waals surface area contributed by atoms with Crippen LogP contribution in [-0.2, 0) is 9.59 Å². The van der Waals surface area contributed by atoms with Crippen LogP contribution in [0, 0.1) is 5.41 Å². The molecule has 1 aliphatic rings. The molecule has 3 rings (SSSR count). The number of thioether (sulfide) groups is 1. The van der Waals surface area contributed by atoms with Crippen LogP contribution in [-0.4, -0.2) is 28.8 Å². The van der Waals surface area contributed by atoms with Crippen molar-refractivity contribution in [1.82, 2.24) is 0 Å². The lowest BCUT2D eigenvalue weighted by Gasteiger charge is -2.15. The largest absolute Gasteiger partial charge is 0.492 e. The minimum Gasteiger partial charge on any atom is -0.492 e. The van der Waals surface area contributed by atoms with Gasteiger partial charge in [0.15, 0.2) is 5.17 Å². The Kier molecular flexibility index (Phi) is 5.58. The second kappa shape index (κ2) is 8.05. The van der Waals surface area contributed by atoms with Crippen molar-refractivity contribution in [1.29, 1.82) is 5.41 Å². The molecule has 0 bridgehead atoms. The fourth-order valence-electron chi connectivity index (χ4n) is 2.65. The van der Waals surface area contributed by atoms with Crippen molar-refractivity contribution in [3.8, 4) is 5.75 Å². The van der Waals surface area contributed by atoms with Crippen LogP contribution in [0.1, 0.15) is 13.3 Å². The quantitative estimate of drug-likeness (QED) is 0.816. The van der Waals surface area contributed by atoms with Gasteiger partial charge in [-0.05, 0) is 31.2 Å². The molecule has 1 atom stereocenters. The predicted octanol–water partition coefficient (Wildman–Crippen LogP) is 3.50. The van der Waals surface area contributed by atoms with E-state index in [1.807, 2.05) is 31.2 Å². The van der Waals surface area contributed by atoms with Crippen molar-refractivity contribution in [2.45, 2.75) is 18.6 Å². The number of carbonyl (C=O) groups excluding carboxylic acids is 2. The summed E-state index contributed by atoms with van der Waals surface area (Å²) in [5, 5.41) is 10.4. The van der Waals surface area contributed by atoms with E-state index in [0.717, 1.165) is 11.8 Å². The van der Waals surface area contributed by atoms with Gasteiger partial charge in [0.05, 0.1) is 18.0 Å². The first-order valence-corrected chi connectivity index (χ1v) is 9.14. The zero-order chi connectivity index (χ0) is 18.5. The number of amides is 2. The summed E-state index contributed by atoms with van der Waals surface area (Å²) in [5.41, 5.74) is 1.21. The fraction of sp³-hybridized carbons (Fsp3) is 0.211. The molecule has 0 aromatic heterocycles. The molecule has 7 heteroatoms. The first-order chi connectivity index (χ1) is 12.6. The van der Waals surface area contributed by atoms with Crippen molar-refractivity contribution < 1.29 is 14.3 Å². The van der Waals surface area contributed by atoms with Crippen LogP contribution in [0.5, 0.6) is 5.75 Å². The molecule has 134 valence electrons. The van der Waals surface area contributed by atoms with Crippen molar-refractivity contribution in [2.24, 2.45) is 0 Å². The maximum atomic E-state index is 12.6. The molecular formula is C19H19N3O3S. The van der Waals surface area contributed by atoms with Gasteiger partial charge in [-0.2, -0.15) is 0 Å². The Labute approximate surface area is 156 Å². The third-order valence-electron chi connectivity index (χ3n) is 3.80. The average molecular weight is 369 g/mol. The van der Waals surface area contributed by atoms with E-state index in [2.05, 4.69) is 5.32 Å². The molecule has 2 amide bonds. The minimum atomic E-state index is -0.609. The Morgan fingerprint density at radius 2 is 1.88 bits per heavy atom. The molecular weight excluding hydrogens is 350 g/mol. The van der Waals surface area contributed by atoms with Gasteiger partial charge in [-0.15, -0.1) is 0 Å². The lowest BCUT2D eigenvalue weighted by Crippen LogP contribution is -2.33. The Bertz CT molecular complexity index is 826. The first-order valence-electron chi connectivity index (χ1n) is 8.26. The lowest BCUT2D eigenvalue weighted by atomic mass is 10.2. The van der Waals surface area contributed by atoms with Gasteiger partial charge in [0.2, 0.25) is 11.8 Å². The van der Waals surface area contributed by atoms with Gasteiger partial charge in [0, 0.05) is 6.42 Å². The summed E-state index contributed by atoms with van der Waals surface area (Å²) < 4.78 is 5.49. The molecule has 2 N–H and O–H groups in total. The summed E-state index contributed by atoms with van der Waals surface area (Å²) in [4.78, 5) is 26.4. The van der Waals surface area contributed by atoms with Gasteiger partial charge in [-0.3, -0.25) is 19.9 Å². The molecule has 0 saturated carbocycles. The molecule has 26 heavy (non-hydrogen) atoms. The monoisotopic (exact) mass is 369 g/mol. The van der Waals surface area contributed by atoms with Crippen molar-refractivity contribution in [3.05, 3.63) is 54.6 Å². The molecule has 1 fully saturated rings. The van der Waals surface area contributed by atoms with Crippen LogP contribution >= 0.6 is 11.8 Å². The number of nitrogens with one attached hydrogen (secondary N) is 2. The highest BCUT2D eigenvalue weighted by molar-refractivity contribution is 8.16. The third-order valence-corrected chi connectivity index (χ3v) is 4.86. The zero-order valence-corrected chi connectivity index (χ0v) is 15.1. The van der Waals surface area contributed by atoms with Crippen LogP contribution in [0.3, 0.4) is 0 Å². The molecule has 2 aromatic carbocycles. The Morgan fingerprint density at radius 3 is 2.62 bits per heavy atom. The van der Waals surface area contributed by atoms with Gasteiger partial charge in [0.25, 0.3) is 0 Å². The second-order valence-electron chi connectivity index (χ2n) is 5.60. The standard InChI is InChI=1S/C19H19N3O3S/c1-2-25-15-11-7-6-10-14(15)21-17(23)12-16-18(24)22(19(20)26-16)13-8-4-3-5-9-13/h3-11,16,20H,2,12H2,1H3,(H,21,23)/t16-/m0/s1. The van der Waals surface area contributed by atoms with Gasteiger partial charge < -0.3 is 10.1 Å². The van der Waals surface area contributed by atoms with Crippen LogP contribution in [0.15, 0.2) is 54.6 Å². The number of carbonyl (C=O) groups is 2. The smallest absolute Gasteiger partial charge is 0.247 e. The summed E-state index contributed by atoms with van der Waals surface area (Å²) in [7, 11) is 0. The molecule has 0 radical (unpaired) electrons. The highest BCUT2D eigenvalue weighted by Gasteiger charge is 2.39. The van der Waals surface area contributed by atoms with Crippen LogP contribution in [0.2, 0.25) is 0 Å². The molecule has 1 aliphatic heterocycles. The van der Waals surface area contributed by atoms with E-state index in [9.17, 15) is 9.59 Å². The van der Waals surface area contributed by atoms with Crippen molar-refractivity contribution >= 4 is 40.1 Å². The number of amidine groups is 1. The number of rotatable bonds is 6. The van der Waals surface area contributed by atoms with Gasteiger partial charge in [-0.25, -0.2) is 0 Å². The maximum absolute atomic E-state index is 12.6. The summed E-state index contributed by atoms with van der Waals surface area (Å²) >= 11 is 1.10. The van der Waals surface area contributed by atoms with E-state index in [1.54, 1.807) is 30.3 Å². The van der Waals surface area contributed by atoms with Crippen molar-refractivity contribution in [2.75, 3.05) is 16.8 Å². The Hall–Kier alpha value is -2.80. The number of hydrogen-bond donors (Lipinski definition) is 2. The fourth-order valence-corrected chi connectivity index (χ4v) is 3.66. The van der Waals surface area contributed by atoms with E-state index in [4.69, 9.17) is 10.1 Å². The van der Waals surface area contributed by atoms with Crippen LogP contribution in [0.25, 0.3) is 0 Å². The zero-order valence-electron chi connectivity index (χ0n) is 14.3. The Morgan fingerprint density at radius 1 is 1.19 bits per heavy atom. The highest BCUT2D eigenvalue weighted by Crippen LogP contribution is 2.33. The summed E-state index contributed by atoms with van der Waals surface area (Å²) in [6.45, 7) is 2.36. The summed E-state index contributed by atoms with van der Waals surface area (Å²) in [5.74, 6) is 0.0533. The third kappa shape index (κ3) is 3.88. The van der Waals surface area contributed by atoms with E-state index < -0.39 is 5.25 Å². The van der Waals surface area contributed by atoms with E-state index in [0.29, 0.717) is 23.7 Å². The van der Waals surface area contributed by atoms with Crippen LogP contribution in [0.4, 0.5) is 11.4 Å². The predicted molar refractivity (Wildman–Crippen MR) is 104 cm³/mol. The van der Waals surface area contributed by atoms with Gasteiger partial charge in [0.1, 0.15) is 11.0 Å². The minimum absolute atomic E-state index is 0.00429. The summed E-state index contributed by atoms with van der Waals surface area (Å²) in [6.07, 6.45) is -0.00429. The molecule has 6 nitrogen and oxygen atoms in total. The molecule has 0 spiro atoms. The number of hydrogen-bond acceptors (Lipinski definition) is 5. The maximum Gasteiger partial charge on any atom is 0.247 e. The number of para-hydroxylation sites is 3. The molecule has 2 aromatic rings. The Balaban J connectivity index is 1.67. The second-order valence-corrected chi connectivity index (χ2v) is 6.79. The lowest BCUT2D eigenvalue weighted by molar-refractivity contribution is -0.121. The molecule has 0 aliphatic carbocycles. The SMILES string of the molecule is CCOc1ccccc1NC(=O)C[C@@H]1SC(=N)N(c2ccccc2)C1=O. The van der Waals surface area contributed by atoms with Gasteiger partial charge >= 0.3 is 0 Å². The van der Waals surface area contributed by atoms with E-state index in [1.165, 1.54) is 4.90 Å². The van der Waals surface area contributed by atoms with Gasteiger partial charge in [-0.1, -0.05) is 42.1 Å². The number of ether oxygens (including phenoxy) is 1. The molecule has 1 heterocycles. The topological polar surface area (TPSA) is 82.5 Å². The average Bonchev–Trinajstić information content (AvgIpc) is 2.91. The van der Waals surface area contributed by atoms with E-state index in [-0.39, 0.29) is 23.4 Å². The first kappa shape index (κ1) is 18.0. The normalized spacial score (nSPS) is 16.7. The number of anilines is 2. The molecule has 1 saturated heterocycles. The molecule has 0 unspecified atom stereocenters. The van der Waals surface area contributed by atoms with Crippen LogP contribution < -0.4 is 15.0 Å². The highest BCUT2D eigenvalue weighted by atomic mass is 32.2. The van der Waals surface area contributed by atoms with E-state index >= 15 is 0 Å².